The molecule has 3 aromatic heterocycles. The number of pyridine rings is 2. The molecule has 0 unspecified atom stereocenters. The summed E-state index contributed by atoms with van der Waals surface area (Å²) in [5, 5.41) is 3.98. The summed E-state index contributed by atoms with van der Waals surface area (Å²) in [7, 11) is 3.29. The van der Waals surface area contributed by atoms with Crippen molar-refractivity contribution in [3.8, 4) is 33.9 Å². The van der Waals surface area contributed by atoms with Crippen molar-refractivity contribution in [1.29, 1.82) is 0 Å². The van der Waals surface area contributed by atoms with Crippen molar-refractivity contribution in [2.45, 2.75) is 0 Å². The predicted octanol–water partition coefficient (Wildman–Crippen LogP) is 8.03. The number of aromatic nitrogens is 2. The molecule has 7 rings (SSSR count). The summed E-state index contributed by atoms with van der Waals surface area (Å²) in [5.74, 6) is 1.32. The first-order chi connectivity index (χ1) is 18.3. The van der Waals surface area contributed by atoms with E-state index in [1.165, 1.54) is 0 Å². The first-order valence-corrected chi connectivity index (χ1v) is 12.1. The molecule has 0 amide bonds. The summed E-state index contributed by atoms with van der Waals surface area (Å²) in [6.45, 7) is 0. The molecule has 3 heterocycles. The lowest BCUT2D eigenvalue weighted by molar-refractivity contribution is 0.362. The molecule has 0 saturated heterocycles. The van der Waals surface area contributed by atoms with Gasteiger partial charge in [-0.15, -0.1) is 0 Å². The lowest BCUT2D eigenvalue weighted by Gasteiger charge is -2.14. The van der Waals surface area contributed by atoms with E-state index in [2.05, 4.69) is 53.5 Å². The third kappa shape index (κ3) is 3.24. The van der Waals surface area contributed by atoms with E-state index in [1.54, 1.807) is 20.4 Å². The van der Waals surface area contributed by atoms with Gasteiger partial charge in [-0.05, 0) is 35.9 Å². The molecule has 0 radical (unpaired) electrons. The summed E-state index contributed by atoms with van der Waals surface area (Å²) in [6.07, 6.45) is 1.77. The number of fused-ring (bicyclic) bond motifs is 6. The number of rotatable bonds is 4. The van der Waals surface area contributed by atoms with Crippen molar-refractivity contribution < 1.29 is 13.9 Å². The molecule has 0 aliphatic rings. The quantitative estimate of drug-likeness (QED) is 0.238. The average Bonchev–Trinajstić information content (AvgIpc) is 3.35. The maximum absolute atomic E-state index is 6.24. The first kappa shape index (κ1) is 21.4. The number of ether oxygens (including phenoxy) is 2. The van der Waals surface area contributed by atoms with E-state index in [9.17, 15) is 0 Å². The van der Waals surface area contributed by atoms with Gasteiger partial charge in [-0.2, -0.15) is 0 Å². The van der Waals surface area contributed by atoms with E-state index < -0.39 is 0 Å². The highest BCUT2D eigenvalue weighted by atomic mass is 16.5. The van der Waals surface area contributed by atoms with Crippen LogP contribution in [0.2, 0.25) is 0 Å². The van der Waals surface area contributed by atoms with Crippen LogP contribution >= 0.6 is 0 Å². The Morgan fingerprint density at radius 1 is 0.595 bits per heavy atom. The zero-order chi connectivity index (χ0) is 24.9. The lowest BCUT2D eigenvalue weighted by atomic mass is 10.00. The third-order valence-corrected chi connectivity index (χ3v) is 6.93. The number of benzene rings is 4. The molecule has 0 saturated carbocycles. The van der Waals surface area contributed by atoms with Crippen LogP contribution < -0.4 is 9.47 Å². The maximum atomic E-state index is 6.24. The maximum Gasteiger partial charge on any atom is 0.170 e. The first-order valence-electron chi connectivity index (χ1n) is 12.1. The van der Waals surface area contributed by atoms with Crippen LogP contribution in [0.15, 0.2) is 102 Å². The fourth-order valence-corrected chi connectivity index (χ4v) is 5.21. The van der Waals surface area contributed by atoms with Crippen LogP contribution in [0.25, 0.3) is 66.1 Å². The molecule has 0 spiro atoms. The van der Waals surface area contributed by atoms with E-state index in [0.29, 0.717) is 11.5 Å². The lowest BCUT2D eigenvalue weighted by Crippen LogP contribution is -1.97. The Kier molecular flexibility index (Phi) is 4.83. The molecule has 7 aromatic rings. The highest BCUT2D eigenvalue weighted by Gasteiger charge is 2.18. The summed E-state index contributed by atoms with van der Waals surface area (Å²) in [4.78, 5) is 9.64. The molecule has 0 fully saturated rings. The summed E-state index contributed by atoms with van der Waals surface area (Å²) >= 11 is 0. The molecule has 0 atom stereocenters. The fraction of sp³-hybridized carbons (Fsp3) is 0.0625. The second kappa shape index (κ2) is 8.35. The van der Waals surface area contributed by atoms with Crippen molar-refractivity contribution in [2.24, 2.45) is 0 Å². The minimum atomic E-state index is 0.659. The molecule has 0 aliphatic carbocycles. The van der Waals surface area contributed by atoms with Gasteiger partial charge in [0, 0.05) is 38.9 Å². The zero-order valence-electron chi connectivity index (χ0n) is 20.4. The van der Waals surface area contributed by atoms with Crippen LogP contribution in [0.1, 0.15) is 0 Å². The van der Waals surface area contributed by atoms with Gasteiger partial charge >= 0.3 is 0 Å². The molecule has 5 heteroatoms. The monoisotopic (exact) mass is 482 g/mol. The second-order valence-electron chi connectivity index (χ2n) is 8.92. The molecule has 0 bridgehead atoms. The van der Waals surface area contributed by atoms with Crippen molar-refractivity contribution in [1.82, 2.24) is 9.97 Å². The smallest absolute Gasteiger partial charge is 0.170 e. The van der Waals surface area contributed by atoms with Gasteiger partial charge in [0.2, 0.25) is 0 Å². The van der Waals surface area contributed by atoms with Crippen molar-refractivity contribution in [2.75, 3.05) is 14.2 Å². The Labute approximate surface area is 212 Å². The number of nitrogens with zero attached hydrogens (tertiary/aromatic N) is 2. The van der Waals surface area contributed by atoms with Gasteiger partial charge in [0.05, 0.1) is 19.9 Å². The van der Waals surface area contributed by atoms with Gasteiger partial charge in [0.1, 0.15) is 22.2 Å². The van der Waals surface area contributed by atoms with Gasteiger partial charge in [-0.25, -0.2) is 4.98 Å². The normalized spacial score (nSPS) is 11.5. The average molecular weight is 483 g/mol. The SMILES string of the molecule is COc1c(OC)c2ccc(-c3ccc(-c4cccc5c4oc4ccccc45)cc3)nc2c2ncccc12. The van der Waals surface area contributed by atoms with Crippen LogP contribution in [0.3, 0.4) is 0 Å². The van der Waals surface area contributed by atoms with Crippen LogP contribution in [0.4, 0.5) is 0 Å². The molecule has 178 valence electrons. The number of hydrogen-bond donors (Lipinski definition) is 0. The van der Waals surface area contributed by atoms with E-state index in [0.717, 1.165) is 66.1 Å². The molecular weight excluding hydrogens is 460 g/mol. The van der Waals surface area contributed by atoms with Crippen molar-refractivity contribution >= 4 is 43.7 Å². The highest BCUT2D eigenvalue weighted by Crippen LogP contribution is 2.43. The van der Waals surface area contributed by atoms with Crippen LogP contribution in [0, 0.1) is 0 Å². The summed E-state index contributed by atoms with van der Waals surface area (Å²) in [5.41, 5.74) is 7.40. The van der Waals surface area contributed by atoms with E-state index in [-0.39, 0.29) is 0 Å². The van der Waals surface area contributed by atoms with E-state index in [1.807, 2.05) is 42.5 Å². The summed E-state index contributed by atoms with van der Waals surface area (Å²) in [6, 6.07) is 30.8. The second-order valence-corrected chi connectivity index (χ2v) is 8.92. The Morgan fingerprint density at radius 2 is 1.30 bits per heavy atom. The topological polar surface area (TPSA) is 57.4 Å². The molecular formula is C32H22N2O3. The van der Waals surface area contributed by atoms with Gasteiger partial charge in [-0.3, -0.25) is 4.98 Å². The molecule has 5 nitrogen and oxygen atoms in total. The van der Waals surface area contributed by atoms with Crippen molar-refractivity contribution in [3.05, 3.63) is 97.2 Å². The van der Waals surface area contributed by atoms with E-state index >= 15 is 0 Å². The number of hydrogen-bond acceptors (Lipinski definition) is 5. The number of methoxy groups -OCH3 is 2. The predicted molar refractivity (Wildman–Crippen MR) is 148 cm³/mol. The van der Waals surface area contributed by atoms with Gasteiger partial charge in [0.15, 0.2) is 11.5 Å². The largest absolute Gasteiger partial charge is 0.492 e. The third-order valence-electron chi connectivity index (χ3n) is 6.93. The van der Waals surface area contributed by atoms with Crippen LogP contribution in [-0.2, 0) is 0 Å². The van der Waals surface area contributed by atoms with Gasteiger partial charge in [-0.1, -0.05) is 60.7 Å². The van der Waals surface area contributed by atoms with Crippen LogP contribution in [-0.4, -0.2) is 24.2 Å². The highest BCUT2D eigenvalue weighted by molar-refractivity contribution is 6.11. The van der Waals surface area contributed by atoms with Gasteiger partial charge < -0.3 is 13.9 Å². The number of para-hydroxylation sites is 2. The Balaban J connectivity index is 1.35. The zero-order valence-corrected chi connectivity index (χ0v) is 20.4. The number of furan rings is 1. The fourth-order valence-electron chi connectivity index (χ4n) is 5.21. The van der Waals surface area contributed by atoms with Crippen molar-refractivity contribution in [3.63, 3.8) is 0 Å². The molecule has 0 N–H and O–H groups in total. The molecule has 37 heavy (non-hydrogen) atoms. The summed E-state index contributed by atoms with van der Waals surface area (Å²) < 4.78 is 17.6. The van der Waals surface area contributed by atoms with Gasteiger partial charge in [0.25, 0.3) is 0 Å². The minimum Gasteiger partial charge on any atom is -0.492 e. The minimum absolute atomic E-state index is 0.659. The Morgan fingerprint density at radius 3 is 2.11 bits per heavy atom. The van der Waals surface area contributed by atoms with E-state index in [4.69, 9.17) is 18.9 Å². The Hall–Kier alpha value is -4.90. The molecule has 0 aliphatic heterocycles. The standard InChI is InChI=1S/C32H22N2O3/c1-35-31-24-10-6-18-33-28(24)29-25(32(31)36-2)16-17-26(34-29)20-14-12-19(13-15-20)21-8-5-9-23-22-7-3-4-11-27(22)37-30(21)23/h3-18H,1-2H3. The Bertz CT molecular complexity index is 1960. The molecule has 4 aromatic carbocycles. The van der Waals surface area contributed by atoms with Crippen LogP contribution in [0.5, 0.6) is 11.5 Å².